The first kappa shape index (κ1) is 25.6. The molecule has 1 aromatic heterocycles. The third-order valence-electron chi connectivity index (χ3n) is 5.19. The minimum Gasteiger partial charge on any atom is -0.493 e. The van der Waals surface area contributed by atoms with Crippen LogP contribution in [-0.4, -0.2) is 31.3 Å². The summed E-state index contributed by atoms with van der Waals surface area (Å²) >= 11 is 0. The molecule has 0 atom stereocenters. The average molecular weight is 512 g/mol. The van der Waals surface area contributed by atoms with Crippen molar-refractivity contribution in [2.75, 3.05) is 30.9 Å². The van der Waals surface area contributed by atoms with Gasteiger partial charge in [0.15, 0.2) is 11.5 Å². The molecule has 0 radical (unpaired) electrons. The zero-order valence-corrected chi connectivity index (χ0v) is 19.7. The minimum atomic E-state index is -0.963. The fourth-order valence-corrected chi connectivity index (χ4v) is 3.41. The Morgan fingerprint density at radius 3 is 2.32 bits per heavy atom. The zero-order valence-electron chi connectivity index (χ0n) is 19.7. The Balaban J connectivity index is 1.50. The highest BCUT2D eigenvalue weighted by Crippen LogP contribution is 2.37. The minimum absolute atomic E-state index is 0.155. The molecule has 3 aromatic carbocycles. The van der Waals surface area contributed by atoms with Crippen LogP contribution < -0.4 is 30.6 Å². The Bertz CT molecular complexity index is 1430. The van der Waals surface area contributed by atoms with Crippen LogP contribution in [0.1, 0.15) is 6.42 Å². The molecule has 0 aliphatic heterocycles. The highest BCUT2D eigenvalue weighted by Gasteiger charge is 2.14. The number of rotatable bonds is 9. The van der Waals surface area contributed by atoms with Gasteiger partial charge in [0.1, 0.15) is 29.0 Å². The van der Waals surface area contributed by atoms with E-state index in [4.69, 9.17) is 19.9 Å². The predicted octanol–water partition coefficient (Wildman–Crippen LogP) is 5.82. The van der Waals surface area contributed by atoms with Crippen LogP contribution in [0.4, 0.5) is 29.3 Å². The molecule has 192 valence electrons. The highest BCUT2D eigenvalue weighted by atomic mass is 19.1. The van der Waals surface area contributed by atoms with E-state index in [0.717, 1.165) is 18.2 Å². The van der Waals surface area contributed by atoms with Crippen LogP contribution >= 0.6 is 0 Å². The van der Waals surface area contributed by atoms with Gasteiger partial charge in [0, 0.05) is 29.8 Å². The lowest BCUT2D eigenvalue weighted by atomic mass is 10.1. The van der Waals surface area contributed by atoms with E-state index < -0.39 is 23.5 Å². The second kappa shape index (κ2) is 11.5. The van der Waals surface area contributed by atoms with Crippen LogP contribution in [0.25, 0.3) is 10.9 Å². The van der Waals surface area contributed by atoms with Crippen LogP contribution in [0.15, 0.2) is 60.8 Å². The van der Waals surface area contributed by atoms with Gasteiger partial charge in [0.05, 0.1) is 30.6 Å². The molecular weight excluding hydrogens is 489 g/mol. The molecule has 4 rings (SSSR count). The van der Waals surface area contributed by atoms with E-state index in [0.29, 0.717) is 53.8 Å². The molecule has 8 nitrogen and oxygen atoms in total. The van der Waals surface area contributed by atoms with Gasteiger partial charge in [-0.15, -0.1) is 0 Å². The maximum absolute atomic E-state index is 14.7. The van der Waals surface area contributed by atoms with E-state index in [1.807, 2.05) is 0 Å². The number of nitrogens with zero attached hydrogens (tertiary/aromatic N) is 1. The summed E-state index contributed by atoms with van der Waals surface area (Å²) in [4.78, 5) is 16.5. The Kier molecular flexibility index (Phi) is 7.94. The van der Waals surface area contributed by atoms with Crippen molar-refractivity contribution in [3.8, 4) is 23.0 Å². The van der Waals surface area contributed by atoms with Gasteiger partial charge < -0.3 is 30.6 Å². The number of ether oxygens (including phenoxy) is 3. The number of pyridine rings is 1. The van der Waals surface area contributed by atoms with Crippen molar-refractivity contribution < 1.29 is 32.2 Å². The zero-order chi connectivity index (χ0) is 26.4. The molecule has 0 spiro atoms. The van der Waals surface area contributed by atoms with Gasteiger partial charge in [0.2, 0.25) is 0 Å². The fraction of sp³-hybridized carbons (Fsp3) is 0.154. The van der Waals surface area contributed by atoms with Gasteiger partial charge in [-0.05, 0) is 49.4 Å². The summed E-state index contributed by atoms with van der Waals surface area (Å²) in [6.07, 6.45) is 2.22. The first-order valence-corrected chi connectivity index (χ1v) is 11.2. The van der Waals surface area contributed by atoms with E-state index in [2.05, 4.69) is 15.6 Å². The van der Waals surface area contributed by atoms with Crippen LogP contribution in [0.2, 0.25) is 0 Å². The molecule has 0 saturated heterocycles. The SMILES string of the molecule is COc1cc2c(Oc3ccc(NC(=O)Nc4ccc(F)cc4F)c(F)c3)ccnc2cc1OCCCN. The van der Waals surface area contributed by atoms with Gasteiger partial charge in [-0.3, -0.25) is 4.98 Å². The van der Waals surface area contributed by atoms with Crippen molar-refractivity contribution in [1.82, 2.24) is 4.98 Å². The average Bonchev–Trinajstić information content (AvgIpc) is 2.87. The van der Waals surface area contributed by atoms with Gasteiger partial charge in [-0.1, -0.05) is 0 Å². The topological polar surface area (TPSA) is 108 Å². The Morgan fingerprint density at radius 2 is 1.65 bits per heavy atom. The standard InChI is InChI=1S/C26H23F3N4O4/c1-35-24-13-17-22(14-25(24)36-10-2-8-30)31-9-7-23(17)37-16-4-6-21(19(29)12-16)33-26(34)32-20-5-3-15(27)11-18(20)28/h3-7,9,11-14H,2,8,10,30H2,1H3,(H2,32,33,34). The molecule has 37 heavy (non-hydrogen) atoms. The number of nitrogens with one attached hydrogen (secondary N) is 2. The molecule has 11 heteroatoms. The number of hydrogen-bond acceptors (Lipinski definition) is 6. The number of urea groups is 1. The molecule has 4 aromatic rings. The van der Waals surface area contributed by atoms with Crippen LogP contribution in [-0.2, 0) is 0 Å². The molecule has 0 unspecified atom stereocenters. The third kappa shape index (κ3) is 6.19. The molecule has 0 saturated carbocycles. The molecule has 1 heterocycles. The summed E-state index contributed by atoms with van der Waals surface area (Å²) in [5, 5.41) is 5.07. The molecule has 2 amide bonds. The molecule has 4 N–H and O–H groups in total. The van der Waals surface area contributed by atoms with Crippen molar-refractivity contribution in [3.05, 3.63) is 78.2 Å². The molecule has 0 fully saturated rings. The van der Waals surface area contributed by atoms with Gasteiger partial charge in [-0.2, -0.15) is 0 Å². The summed E-state index contributed by atoms with van der Waals surface area (Å²) in [5.41, 5.74) is 5.66. The van der Waals surface area contributed by atoms with E-state index >= 15 is 0 Å². The lowest BCUT2D eigenvalue weighted by molar-refractivity contribution is 0.262. The number of nitrogens with two attached hydrogens (primary N) is 1. The molecule has 0 bridgehead atoms. The van der Waals surface area contributed by atoms with Crippen LogP contribution in [0.5, 0.6) is 23.0 Å². The lowest BCUT2D eigenvalue weighted by Crippen LogP contribution is -2.20. The first-order chi connectivity index (χ1) is 17.9. The number of carbonyl (C=O) groups excluding carboxylic acids is 1. The smallest absolute Gasteiger partial charge is 0.323 e. The maximum Gasteiger partial charge on any atom is 0.323 e. The monoisotopic (exact) mass is 512 g/mol. The Labute approximate surface area is 210 Å². The number of halogens is 3. The number of carbonyl (C=O) groups is 1. The van der Waals surface area contributed by atoms with Crippen molar-refractivity contribution in [2.24, 2.45) is 5.73 Å². The van der Waals surface area contributed by atoms with Crippen molar-refractivity contribution >= 4 is 28.3 Å². The summed E-state index contributed by atoms with van der Waals surface area (Å²) in [7, 11) is 1.51. The number of aromatic nitrogens is 1. The molecule has 0 aliphatic rings. The number of hydrogen-bond donors (Lipinski definition) is 3. The summed E-state index contributed by atoms with van der Waals surface area (Å²) in [6.45, 7) is 0.916. The Morgan fingerprint density at radius 1 is 0.919 bits per heavy atom. The second-order valence-electron chi connectivity index (χ2n) is 7.77. The van der Waals surface area contributed by atoms with Gasteiger partial charge >= 0.3 is 6.03 Å². The number of anilines is 2. The van der Waals surface area contributed by atoms with Gasteiger partial charge in [0.25, 0.3) is 0 Å². The normalized spacial score (nSPS) is 10.7. The summed E-state index contributed by atoms with van der Waals surface area (Å²) < 4.78 is 58.5. The molecule has 0 aliphatic carbocycles. The maximum atomic E-state index is 14.7. The number of amides is 2. The fourth-order valence-electron chi connectivity index (χ4n) is 3.41. The van der Waals surface area contributed by atoms with Crippen molar-refractivity contribution in [1.29, 1.82) is 0 Å². The van der Waals surface area contributed by atoms with Crippen LogP contribution in [0.3, 0.4) is 0 Å². The number of methoxy groups -OCH3 is 1. The quantitative estimate of drug-likeness (QED) is 0.244. The number of fused-ring (bicyclic) bond motifs is 1. The Hall–Kier alpha value is -4.51. The number of benzene rings is 3. The summed E-state index contributed by atoms with van der Waals surface area (Å²) in [5.74, 6) is -1.02. The van der Waals surface area contributed by atoms with E-state index in [-0.39, 0.29) is 17.1 Å². The first-order valence-electron chi connectivity index (χ1n) is 11.2. The van der Waals surface area contributed by atoms with Gasteiger partial charge in [-0.25, -0.2) is 18.0 Å². The predicted molar refractivity (Wildman–Crippen MR) is 133 cm³/mol. The largest absolute Gasteiger partial charge is 0.493 e. The van der Waals surface area contributed by atoms with E-state index in [1.165, 1.54) is 19.2 Å². The van der Waals surface area contributed by atoms with Crippen molar-refractivity contribution in [3.63, 3.8) is 0 Å². The van der Waals surface area contributed by atoms with E-state index in [1.54, 1.807) is 24.4 Å². The molecular formula is C26H23F3N4O4. The van der Waals surface area contributed by atoms with E-state index in [9.17, 15) is 18.0 Å². The summed E-state index contributed by atoms with van der Waals surface area (Å²) in [6, 6.07) is 10.6. The highest BCUT2D eigenvalue weighted by molar-refractivity contribution is 6.00. The third-order valence-corrected chi connectivity index (χ3v) is 5.19. The van der Waals surface area contributed by atoms with Crippen molar-refractivity contribution in [2.45, 2.75) is 6.42 Å². The lowest BCUT2D eigenvalue weighted by Gasteiger charge is -2.14. The van der Waals surface area contributed by atoms with Crippen LogP contribution in [0, 0.1) is 17.5 Å². The second-order valence-corrected chi connectivity index (χ2v) is 7.77.